The lowest BCUT2D eigenvalue weighted by Crippen LogP contribution is -2.63. The Balaban J connectivity index is 0.890. The Morgan fingerprint density at radius 1 is 1.00 bits per heavy atom. The molecule has 13 nitrogen and oxygen atoms in total. The van der Waals surface area contributed by atoms with Crippen molar-refractivity contribution in [3.8, 4) is 5.75 Å². The second-order valence-corrected chi connectivity index (χ2v) is 14.5. The molecule has 1 atom stereocenters. The summed E-state index contributed by atoms with van der Waals surface area (Å²) >= 11 is 0. The minimum Gasteiger partial charge on any atom is -0.492 e. The molecule has 3 fully saturated rings. The number of hydrogen-bond donors (Lipinski definition) is 2. The molecule has 2 saturated heterocycles. The molecule has 0 radical (unpaired) electrons. The molecule has 5 heterocycles. The highest BCUT2D eigenvalue weighted by Crippen LogP contribution is 2.53. The molecule has 3 aromatic heterocycles. The molecule has 3 aliphatic rings. The van der Waals surface area contributed by atoms with Gasteiger partial charge in [0, 0.05) is 44.8 Å². The number of pyridine rings is 2. The lowest BCUT2D eigenvalue weighted by molar-refractivity contribution is -0.136. The summed E-state index contributed by atoms with van der Waals surface area (Å²) < 4.78 is 8.43. The number of aromatic nitrogens is 4. The Bertz CT molecular complexity index is 1670. The highest BCUT2D eigenvalue weighted by Gasteiger charge is 2.53. The van der Waals surface area contributed by atoms with Crippen LogP contribution in [0, 0.1) is 10.8 Å². The molecule has 0 bridgehead atoms. The van der Waals surface area contributed by atoms with Gasteiger partial charge in [-0.1, -0.05) is 27.7 Å². The summed E-state index contributed by atoms with van der Waals surface area (Å²) in [5.41, 5.74) is 0.792. The number of piperazine rings is 1. The molecular formula is C34H46N8O5. The van der Waals surface area contributed by atoms with Gasteiger partial charge in [0.15, 0.2) is 5.65 Å². The number of unbranched alkanes of at least 4 members (excludes halogenated alkanes) is 2. The molecule has 1 saturated carbocycles. The van der Waals surface area contributed by atoms with E-state index < -0.39 is 17.6 Å². The van der Waals surface area contributed by atoms with Gasteiger partial charge in [-0.2, -0.15) is 4.68 Å². The van der Waals surface area contributed by atoms with E-state index in [9.17, 15) is 19.2 Å². The minimum absolute atomic E-state index is 0.0549. The van der Waals surface area contributed by atoms with Gasteiger partial charge in [0.25, 0.3) is 11.8 Å². The van der Waals surface area contributed by atoms with Crippen molar-refractivity contribution in [3.05, 3.63) is 52.7 Å². The van der Waals surface area contributed by atoms with Crippen molar-refractivity contribution >= 4 is 29.2 Å². The molecule has 0 spiro atoms. The number of carbonyl (C=O) groups is 3. The van der Waals surface area contributed by atoms with Crippen molar-refractivity contribution in [1.82, 2.24) is 34.7 Å². The summed E-state index contributed by atoms with van der Waals surface area (Å²) in [7, 11) is 0. The molecule has 47 heavy (non-hydrogen) atoms. The van der Waals surface area contributed by atoms with Gasteiger partial charge in [-0.15, -0.1) is 5.10 Å². The van der Waals surface area contributed by atoms with Crippen LogP contribution in [0.1, 0.15) is 82.6 Å². The van der Waals surface area contributed by atoms with Crippen molar-refractivity contribution < 1.29 is 19.1 Å². The predicted molar refractivity (Wildman–Crippen MR) is 177 cm³/mol. The molecule has 6 rings (SSSR count). The number of nitrogens with one attached hydrogen (secondary N) is 2. The molecule has 0 aromatic carbocycles. The van der Waals surface area contributed by atoms with Crippen LogP contribution in [-0.4, -0.2) is 87.2 Å². The Morgan fingerprint density at radius 2 is 1.77 bits per heavy atom. The molecule has 2 N–H and O–H groups in total. The second-order valence-electron chi connectivity index (χ2n) is 14.5. The number of rotatable bonds is 11. The van der Waals surface area contributed by atoms with Crippen molar-refractivity contribution in [2.45, 2.75) is 78.3 Å². The van der Waals surface area contributed by atoms with E-state index in [1.165, 1.54) is 4.40 Å². The van der Waals surface area contributed by atoms with E-state index in [4.69, 9.17) is 4.74 Å². The number of carbonyl (C=O) groups excluding carboxylic acids is 3. The van der Waals surface area contributed by atoms with Crippen LogP contribution >= 0.6 is 0 Å². The first-order chi connectivity index (χ1) is 22.4. The number of ether oxygens (including phenoxy) is 1. The Labute approximate surface area is 274 Å². The summed E-state index contributed by atoms with van der Waals surface area (Å²) in [5, 5.41) is 9.79. The van der Waals surface area contributed by atoms with Crippen LogP contribution in [0.2, 0.25) is 0 Å². The standard InChI is InChI=1S/C34H46N8O5/c1-33(2)22-34(3,4)31(33)37-29(44)23-8-11-26(35-20-23)40-17-15-39(16-18-40)14-6-5-7-19-47-24-9-12-27-38-42(32(46)41(27)21-24)25-10-13-28(43)36-30(25)45/h8-9,11-12,20-21,25,31H,5-7,10,13-19,22H2,1-4H3,(H,37,44)(H,36,43,45). The van der Waals surface area contributed by atoms with Gasteiger partial charge >= 0.3 is 5.69 Å². The molecule has 252 valence electrons. The third kappa shape index (κ3) is 7.04. The number of piperidine rings is 1. The minimum atomic E-state index is -0.798. The predicted octanol–water partition coefficient (Wildman–Crippen LogP) is 2.79. The van der Waals surface area contributed by atoms with Crippen LogP contribution < -0.4 is 26.0 Å². The fraction of sp³-hybridized carbons (Fsp3) is 0.588. The van der Waals surface area contributed by atoms with Gasteiger partial charge in [0.2, 0.25) is 5.91 Å². The van der Waals surface area contributed by atoms with E-state index in [1.807, 2.05) is 12.1 Å². The number of imide groups is 1. The van der Waals surface area contributed by atoms with Crippen molar-refractivity contribution in [2.75, 3.05) is 44.2 Å². The maximum Gasteiger partial charge on any atom is 0.351 e. The number of amides is 3. The smallest absolute Gasteiger partial charge is 0.351 e. The summed E-state index contributed by atoms with van der Waals surface area (Å²) in [6.07, 6.45) is 7.79. The maximum absolute atomic E-state index is 12.9. The topological polar surface area (TPSA) is 143 Å². The van der Waals surface area contributed by atoms with Gasteiger partial charge in [0.05, 0.1) is 18.4 Å². The van der Waals surface area contributed by atoms with Crippen LogP contribution in [0.4, 0.5) is 5.82 Å². The molecule has 1 unspecified atom stereocenters. The van der Waals surface area contributed by atoms with Gasteiger partial charge in [-0.05, 0) is 73.7 Å². The van der Waals surface area contributed by atoms with Crippen LogP contribution in [0.25, 0.3) is 5.65 Å². The van der Waals surface area contributed by atoms with Crippen LogP contribution in [0.3, 0.4) is 0 Å². The van der Waals surface area contributed by atoms with E-state index in [-0.39, 0.29) is 41.5 Å². The molecule has 13 heteroatoms. The average Bonchev–Trinajstić information content (AvgIpc) is 3.36. The van der Waals surface area contributed by atoms with Gasteiger partial charge in [-0.3, -0.25) is 24.6 Å². The second kappa shape index (κ2) is 13.1. The molecule has 2 aliphatic heterocycles. The van der Waals surface area contributed by atoms with Crippen LogP contribution in [-0.2, 0) is 9.59 Å². The molecule has 1 aliphatic carbocycles. The largest absolute Gasteiger partial charge is 0.492 e. The fourth-order valence-corrected chi connectivity index (χ4v) is 7.80. The zero-order valence-electron chi connectivity index (χ0n) is 27.8. The zero-order valence-corrected chi connectivity index (χ0v) is 27.8. The Hall–Kier alpha value is -4.26. The van der Waals surface area contributed by atoms with Gasteiger partial charge in [0.1, 0.15) is 17.6 Å². The summed E-state index contributed by atoms with van der Waals surface area (Å²) in [6, 6.07) is 6.65. The molecule has 3 aromatic rings. The normalized spacial score (nSPS) is 21.4. The van der Waals surface area contributed by atoms with Gasteiger partial charge in [-0.25, -0.2) is 14.2 Å². The highest BCUT2D eigenvalue weighted by molar-refractivity contribution is 5.99. The summed E-state index contributed by atoms with van der Waals surface area (Å²) in [6.45, 7) is 14.1. The number of hydrogen-bond acceptors (Lipinski definition) is 9. The van der Waals surface area contributed by atoms with E-state index in [2.05, 4.69) is 58.2 Å². The number of fused-ring (bicyclic) bond motifs is 1. The Kier molecular flexibility index (Phi) is 9.10. The first kappa shape index (κ1) is 32.7. The van der Waals surface area contributed by atoms with Crippen molar-refractivity contribution in [2.24, 2.45) is 10.8 Å². The maximum atomic E-state index is 12.9. The fourth-order valence-electron chi connectivity index (χ4n) is 7.80. The van der Waals surface area contributed by atoms with E-state index in [0.717, 1.165) is 68.9 Å². The van der Waals surface area contributed by atoms with Crippen LogP contribution in [0.5, 0.6) is 5.75 Å². The van der Waals surface area contributed by atoms with E-state index >= 15 is 0 Å². The number of anilines is 1. The van der Waals surface area contributed by atoms with E-state index in [0.29, 0.717) is 23.6 Å². The highest BCUT2D eigenvalue weighted by atomic mass is 16.5. The third-order valence-electron chi connectivity index (χ3n) is 9.86. The quantitative estimate of drug-likeness (QED) is 0.238. The lowest BCUT2D eigenvalue weighted by Gasteiger charge is -2.57. The van der Waals surface area contributed by atoms with Crippen LogP contribution in [0.15, 0.2) is 41.5 Å². The lowest BCUT2D eigenvalue weighted by atomic mass is 9.52. The average molecular weight is 647 g/mol. The SMILES string of the molecule is CC1(C)CC(C)(C)C1NC(=O)c1ccc(N2CCN(CCCCCOc3ccc4nn(C5CCC(=O)NC5=O)c(=O)n4c3)CC2)nc1. The first-order valence-electron chi connectivity index (χ1n) is 16.7. The van der Waals surface area contributed by atoms with Crippen molar-refractivity contribution in [3.63, 3.8) is 0 Å². The summed E-state index contributed by atoms with van der Waals surface area (Å²) in [5.74, 6) is 0.572. The Morgan fingerprint density at radius 3 is 2.45 bits per heavy atom. The third-order valence-corrected chi connectivity index (χ3v) is 9.86. The first-order valence-corrected chi connectivity index (χ1v) is 16.7. The summed E-state index contributed by atoms with van der Waals surface area (Å²) in [4.78, 5) is 58.9. The zero-order chi connectivity index (χ0) is 33.3. The van der Waals surface area contributed by atoms with Gasteiger partial charge < -0.3 is 15.0 Å². The van der Waals surface area contributed by atoms with Crippen molar-refractivity contribution in [1.29, 1.82) is 0 Å². The molecular weight excluding hydrogens is 600 g/mol. The molecule has 3 amide bonds. The van der Waals surface area contributed by atoms with E-state index in [1.54, 1.807) is 24.5 Å². The monoisotopic (exact) mass is 646 g/mol. The number of nitrogens with zero attached hydrogens (tertiary/aromatic N) is 6.